The Balaban J connectivity index is 1.53. The number of nitrogens with zero attached hydrogens (tertiary/aromatic N) is 3. The third-order valence-electron chi connectivity index (χ3n) is 6.64. The molecule has 4 aliphatic rings. The zero-order valence-electron chi connectivity index (χ0n) is 16.6. The maximum absolute atomic E-state index is 11.0. The number of nitro benzene ring substituents is 1. The number of hydrogen-bond donors (Lipinski definition) is 2. The van der Waals surface area contributed by atoms with Gasteiger partial charge in [0.25, 0.3) is 5.79 Å². The molecule has 1 aliphatic carbocycles. The molecule has 2 aromatic rings. The normalized spacial score (nSPS) is 30.5. The molecule has 160 valence electrons. The molecule has 6 rings (SSSR count). The summed E-state index contributed by atoms with van der Waals surface area (Å²) in [5, 5.41) is 40.3. The number of benzene rings is 2. The molecule has 2 N–H and O–H groups in total. The number of ether oxygens (including phenoxy) is 2. The van der Waals surface area contributed by atoms with E-state index < -0.39 is 22.1 Å². The molecule has 3 unspecified atom stereocenters. The summed E-state index contributed by atoms with van der Waals surface area (Å²) in [4.78, 5) is 12.8. The van der Waals surface area contributed by atoms with Crippen LogP contribution in [0, 0.1) is 39.2 Å². The molecule has 3 aliphatic heterocycles. The van der Waals surface area contributed by atoms with Crippen molar-refractivity contribution in [1.29, 1.82) is 5.26 Å². The van der Waals surface area contributed by atoms with Gasteiger partial charge in [-0.25, -0.2) is 0 Å². The van der Waals surface area contributed by atoms with Gasteiger partial charge in [-0.3, -0.25) is 10.1 Å². The topological polar surface area (TPSA) is 129 Å². The zero-order chi connectivity index (χ0) is 21.8. The van der Waals surface area contributed by atoms with Crippen molar-refractivity contribution >= 4 is 5.69 Å². The van der Waals surface area contributed by atoms with Crippen LogP contribution in [-0.4, -0.2) is 45.5 Å². The number of hydrogen-bond acceptors (Lipinski definition) is 8. The molecule has 3 heterocycles. The fourth-order valence-corrected chi connectivity index (χ4v) is 5.44. The van der Waals surface area contributed by atoms with Crippen LogP contribution in [0.2, 0.25) is 0 Å². The van der Waals surface area contributed by atoms with Gasteiger partial charge in [0.1, 0.15) is 23.3 Å². The highest BCUT2D eigenvalue weighted by atomic mass is 16.7. The standard InChI is InChI=1S/C22H21N3O6/c23-9-14-1-2-17(7-20(14)26)30-22(15-5-13-6-16(22)12-24(10-13)11-15)31-18-3-4-19(25(28)29)21(27)8-18/h1-4,7-8,13,15-16,26-27H,5-6,10-12H2/t13?,15-,16+,22?. The molecule has 9 heteroatoms. The third kappa shape index (κ3) is 3.20. The van der Waals surface area contributed by atoms with Crippen molar-refractivity contribution in [2.24, 2.45) is 17.8 Å². The molecule has 4 bridgehead atoms. The maximum Gasteiger partial charge on any atom is 0.310 e. The summed E-state index contributed by atoms with van der Waals surface area (Å²) in [5.41, 5.74) is -0.241. The van der Waals surface area contributed by atoms with Crippen molar-refractivity contribution in [3.63, 3.8) is 0 Å². The van der Waals surface area contributed by atoms with E-state index in [0.717, 1.165) is 32.5 Å². The van der Waals surface area contributed by atoms with E-state index in [-0.39, 0.29) is 28.9 Å². The molecular formula is C22H21N3O6. The second-order valence-electron chi connectivity index (χ2n) is 8.57. The monoisotopic (exact) mass is 423 g/mol. The molecule has 5 atom stereocenters. The van der Waals surface area contributed by atoms with Gasteiger partial charge in [-0.2, -0.15) is 5.26 Å². The molecule has 31 heavy (non-hydrogen) atoms. The van der Waals surface area contributed by atoms with Crippen LogP contribution < -0.4 is 9.47 Å². The molecular weight excluding hydrogens is 402 g/mol. The first-order valence-electron chi connectivity index (χ1n) is 10.2. The summed E-state index contributed by atoms with van der Waals surface area (Å²) in [7, 11) is 0. The SMILES string of the molecule is N#Cc1ccc(OC2(Oc3ccc([N+](=O)[O-])c(O)c3)[C@@H]3CC4C[C@H]2CN(C4)C3)cc1O. The third-order valence-corrected chi connectivity index (χ3v) is 6.64. The number of piperidine rings is 3. The van der Waals surface area contributed by atoms with Crippen LogP contribution in [0.4, 0.5) is 5.69 Å². The molecule has 0 spiro atoms. The molecule has 0 amide bonds. The summed E-state index contributed by atoms with van der Waals surface area (Å²) in [5.74, 6) is -0.359. The number of phenols is 2. The first kappa shape index (κ1) is 19.5. The van der Waals surface area contributed by atoms with E-state index in [1.54, 1.807) is 6.07 Å². The Hall–Kier alpha value is -3.51. The lowest BCUT2D eigenvalue weighted by Crippen LogP contribution is -2.71. The van der Waals surface area contributed by atoms with Crippen LogP contribution in [0.5, 0.6) is 23.0 Å². The molecule has 1 saturated carbocycles. The van der Waals surface area contributed by atoms with Crippen molar-refractivity contribution in [2.45, 2.75) is 18.6 Å². The Bertz CT molecular complexity index is 1070. The highest BCUT2D eigenvalue weighted by Gasteiger charge is 2.61. The van der Waals surface area contributed by atoms with Crippen molar-refractivity contribution < 1.29 is 24.6 Å². The number of phenolic OH excluding ortho intramolecular Hbond substituents is 2. The average molecular weight is 423 g/mol. The van der Waals surface area contributed by atoms with Crippen molar-refractivity contribution in [3.8, 4) is 29.1 Å². The number of nitriles is 1. The van der Waals surface area contributed by atoms with Gasteiger partial charge in [0, 0.05) is 49.7 Å². The van der Waals surface area contributed by atoms with Crippen LogP contribution in [-0.2, 0) is 0 Å². The van der Waals surface area contributed by atoms with Gasteiger partial charge in [0.05, 0.1) is 10.5 Å². The summed E-state index contributed by atoms with van der Waals surface area (Å²) in [6.45, 7) is 2.67. The second kappa shape index (κ2) is 7.03. The first-order chi connectivity index (χ1) is 14.9. The van der Waals surface area contributed by atoms with Crippen molar-refractivity contribution in [1.82, 2.24) is 4.90 Å². The maximum atomic E-state index is 11.0. The zero-order valence-corrected chi connectivity index (χ0v) is 16.6. The molecule has 4 fully saturated rings. The summed E-state index contributed by atoms with van der Waals surface area (Å²) in [6, 6.07) is 10.4. The van der Waals surface area contributed by atoms with Crippen LogP contribution in [0.15, 0.2) is 36.4 Å². The fourth-order valence-electron chi connectivity index (χ4n) is 5.44. The minimum Gasteiger partial charge on any atom is -0.506 e. The first-order valence-corrected chi connectivity index (χ1v) is 10.2. The summed E-state index contributed by atoms with van der Waals surface area (Å²) < 4.78 is 12.9. The van der Waals surface area contributed by atoms with E-state index >= 15 is 0 Å². The highest BCUT2D eigenvalue weighted by molar-refractivity contribution is 5.50. The second-order valence-corrected chi connectivity index (χ2v) is 8.57. The molecule has 2 aromatic carbocycles. The minimum absolute atomic E-state index is 0.0499. The van der Waals surface area contributed by atoms with E-state index in [1.807, 2.05) is 6.07 Å². The van der Waals surface area contributed by atoms with Gasteiger partial charge in [-0.15, -0.1) is 0 Å². The lowest BCUT2D eigenvalue weighted by Gasteiger charge is -2.60. The van der Waals surface area contributed by atoms with E-state index in [4.69, 9.17) is 14.7 Å². The van der Waals surface area contributed by atoms with Crippen LogP contribution >= 0.6 is 0 Å². The molecule has 0 aromatic heterocycles. The lowest BCUT2D eigenvalue weighted by atomic mass is 9.64. The molecule has 3 saturated heterocycles. The number of rotatable bonds is 5. The van der Waals surface area contributed by atoms with Crippen molar-refractivity contribution in [3.05, 3.63) is 52.1 Å². The number of nitro groups is 1. The van der Waals surface area contributed by atoms with Crippen LogP contribution in [0.25, 0.3) is 0 Å². The highest BCUT2D eigenvalue weighted by Crippen LogP contribution is 2.52. The van der Waals surface area contributed by atoms with Gasteiger partial charge < -0.3 is 24.6 Å². The van der Waals surface area contributed by atoms with E-state index in [2.05, 4.69) is 4.90 Å². The molecule has 9 nitrogen and oxygen atoms in total. The van der Waals surface area contributed by atoms with Crippen molar-refractivity contribution in [2.75, 3.05) is 19.6 Å². The van der Waals surface area contributed by atoms with Crippen LogP contribution in [0.1, 0.15) is 18.4 Å². The largest absolute Gasteiger partial charge is 0.506 e. The Kier molecular flexibility index (Phi) is 4.41. The summed E-state index contributed by atoms with van der Waals surface area (Å²) in [6.07, 6.45) is 1.85. The predicted octanol–water partition coefficient (Wildman–Crippen LogP) is 3.00. The van der Waals surface area contributed by atoms with E-state index in [1.165, 1.54) is 30.3 Å². The van der Waals surface area contributed by atoms with Gasteiger partial charge in [0.15, 0.2) is 5.75 Å². The minimum atomic E-state index is -1.05. The smallest absolute Gasteiger partial charge is 0.310 e. The van der Waals surface area contributed by atoms with Gasteiger partial charge >= 0.3 is 5.69 Å². The Morgan fingerprint density at radius 2 is 1.65 bits per heavy atom. The predicted molar refractivity (Wildman–Crippen MR) is 108 cm³/mol. The van der Waals surface area contributed by atoms with Crippen LogP contribution in [0.3, 0.4) is 0 Å². The fraction of sp³-hybridized carbons (Fsp3) is 0.409. The average Bonchev–Trinajstić information content (AvgIpc) is 2.71. The quantitative estimate of drug-likeness (QED) is 0.427. The van der Waals surface area contributed by atoms with E-state index in [0.29, 0.717) is 11.7 Å². The van der Waals surface area contributed by atoms with Gasteiger partial charge in [-0.1, -0.05) is 0 Å². The molecule has 0 radical (unpaired) electrons. The lowest BCUT2D eigenvalue weighted by molar-refractivity contribution is -0.385. The summed E-state index contributed by atoms with van der Waals surface area (Å²) >= 11 is 0. The Labute approximate surface area is 178 Å². The van der Waals surface area contributed by atoms with E-state index in [9.17, 15) is 20.3 Å². The Morgan fingerprint density at radius 3 is 2.16 bits per heavy atom. The Morgan fingerprint density at radius 1 is 1.03 bits per heavy atom. The van der Waals surface area contributed by atoms with Gasteiger partial charge in [-0.05, 0) is 37.0 Å². The number of aromatic hydroxyl groups is 2. The van der Waals surface area contributed by atoms with Gasteiger partial charge in [0.2, 0.25) is 0 Å².